The smallest absolute Gasteiger partial charge is 0.240 e. The summed E-state index contributed by atoms with van der Waals surface area (Å²) < 4.78 is 5.34. The Balaban J connectivity index is 1.73. The van der Waals surface area contributed by atoms with Gasteiger partial charge in [-0.25, -0.2) is 0 Å². The van der Waals surface area contributed by atoms with E-state index in [1.807, 2.05) is 12.1 Å². The van der Waals surface area contributed by atoms with Gasteiger partial charge < -0.3 is 15.0 Å². The quantitative estimate of drug-likeness (QED) is 0.905. The summed E-state index contributed by atoms with van der Waals surface area (Å²) in [4.78, 5) is 19.3. The lowest BCUT2D eigenvalue weighted by molar-refractivity contribution is -0.133. The van der Waals surface area contributed by atoms with Gasteiger partial charge in [0.15, 0.2) is 0 Å². The lowest BCUT2D eigenvalue weighted by atomic mass is 9.80. The molecule has 1 amide bonds. The van der Waals surface area contributed by atoms with Crippen LogP contribution in [-0.4, -0.2) is 43.2 Å². The molecule has 0 bridgehead atoms. The van der Waals surface area contributed by atoms with E-state index in [9.17, 15) is 10.1 Å². The van der Waals surface area contributed by atoms with E-state index in [2.05, 4.69) is 35.1 Å². The Labute approximate surface area is 149 Å². The van der Waals surface area contributed by atoms with Gasteiger partial charge in [-0.1, -0.05) is 13.8 Å². The summed E-state index contributed by atoms with van der Waals surface area (Å²) in [6.07, 6.45) is 4.53. The molecule has 3 rings (SSSR count). The van der Waals surface area contributed by atoms with Gasteiger partial charge in [-0.15, -0.1) is 0 Å². The summed E-state index contributed by atoms with van der Waals surface area (Å²) >= 11 is 0. The first-order valence-corrected chi connectivity index (χ1v) is 9.01. The lowest BCUT2D eigenvalue weighted by Crippen LogP contribution is -2.50. The zero-order valence-corrected chi connectivity index (χ0v) is 14.9. The fourth-order valence-corrected chi connectivity index (χ4v) is 3.84. The van der Waals surface area contributed by atoms with Gasteiger partial charge in [-0.05, 0) is 30.9 Å². The summed E-state index contributed by atoms with van der Waals surface area (Å²) in [6.45, 7) is 6.99. The van der Waals surface area contributed by atoms with E-state index in [1.54, 1.807) is 12.4 Å². The predicted octanol–water partition coefficient (Wildman–Crippen LogP) is 1.98. The molecule has 0 radical (unpaired) electrons. The Morgan fingerprint density at radius 3 is 2.64 bits per heavy atom. The van der Waals surface area contributed by atoms with Crippen LogP contribution in [0.5, 0.6) is 0 Å². The molecule has 3 heterocycles. The Morgan fingerprint density at radius 1 is 1.36 bits per heavy atom. The molecule has 0 aromatic carbocycles. The summed E-state index contributed by atoms with van der Waals surface area (Å²) in [5.41, 5.74) is 0.183. The van der Waals surface area contributed by atoms with Crippen LogP contribution in [0, 0.1) is 28.6 Å². The van der Waals surface area contributed by atoms with Gasteiger partial charge in [0, 0.05) is 50.3 Å². The first-order valence-electron chi connectivity index (χ1n) is 9.01. The number of carbonyl (C=O) groups excluding carboxylic acids is 1. The van der Waals surface area contributed by atoms with E-state index in [4.69, 9.17) is 4.74 Å². The van der Waals surface area contributed by atoms with Crippen molar-refractivity contribution in [2.45, 2.75) is 32.7 Å². The molecule has 0 saturated carbocycles. The molecule has 1 aromatic rings. The maximum Gasteiger partial charge on any atom is 0.240 e. The first-order chi connectivity index (χ1) is 12.1. The Hall–Kier alpha value is -2.13. The summed E-state index contributed by atoms with van der Waals surface area (Å²) in [5, 5.41) is 12.8. The zero-order valence-electron chi connectivity index (χ0n) is 14.9. The normalized spacial score (nSPS) is 25.6. The van der Waals surface area contributed by atoms with Crippen LogP contribution in [-0.2, 0) is 9.53 Å². The standard InChI is InChI=1S/C19H26N4O2/c1-14(2)16-11-23(15-3-7-21-8-4-15)12-17(16)22-18(24)19(13-20)5-9-25-10-6-19/h3-4,7-8,14,16-17H,5-6,9-12H2,1-2H3,(H,22,24)/t16-,17+/m0/s1. The maximum absolute atomic E-state index is 12.9. The van der Waals surface area contributed by atoms with Crippen molar-refractivity contribution >= 4 is 11.6 Å². The fraction of sp³-hybridized carbons (Fsp3) is 0.632. The molecule has 0 spiro atoms. The number of aromatic nitrogens is 1. The van der Waals surface area contributed by atoms with Crippen LogP contribution < -0.4 is 10.2 Å². The van der Waals surface area contributed by atoms with Gasteiger partial charge in [0.1, 0.15) is 5.41 Å². The van der Waals surface area contributed by atoms with Crippen LogP contribution in [0.4, 0.5) is 5.69 Å². The van der Waals surface area contributed by atoms with Crippen molar-refractivity contribution in [3.63, 3.8) is 0 Å². The Kier molecular flexibility index (Phi) is 5.24. The predicted molar refractivity (Wildman–Crippen MR) is 94.8 cm³/mol. The number of carbonyl (C=O) groups is 1. The van der Waals surface area contributed by atoms with Crippen molar-refractivity contribution in [2.75, 3.05) is 31.2 Å². The highest BCUT2D eigenvalue weighted by Crippen LogP contribution is 2.33. The molecule has 6 nitrogen and oxygen atoms in total. The second-order valence-electron chi connectivity index (χ2n) is 7.40. The van der Waals surface area contributed by atoms with Crippen LogP contribution in [0.3, 0.4) is 0 Å². The number of pyridine rings is 1. The molecule has 25 heavy (non-hydrogen) atoms. The molecule has 0 aliphatic carbocycles. The topological polar surface area (TPSA) is 78.3 Å². The SMILES string of the molecule is CC(C)[C@@H]1CN(c2ccncc2)C[C@H]1NC(=O)C1(C#N)CCOCC1. The monoisotopic (exact) mass is 342 g/mol. The largest absolute Gasteiger partial charge is 0.381 e. The summed E-state index contributed by atoms with van der Waals surface area (Å²) in [6, 6.07) is 6.31. The third-order valence-electron chi connectivity index (χ3n) is 5.56. The number of ether oxygens (including phenoxy) is 1. The number of nitriles is 1. The van der Waals surface area contributed by atoms with Crippen molar-refractivity contribution in [3.05, 3.63) is 24.5 Å². The average Bonchev–Trinajstić information content (AvgIpc) is 3.07. The van der Waals surface area contributed by atoms with E-state index in [-0.39, 0.29) is 11.9 Å². The molecule has 1 aromatic heterocycles. The average molecular weight is 342 g/mol. The van der Waals surface area contributed by atoms with Crippen molar-refractivity contribution in [1.29, 1.82) is 5.26 Å². The van der Waals surface area contributed by atoms with Crippen LogP contribution in [0.1, 0.15) is 26.7 Å². The molecule has 6 heteroatoms. The molecule has 2 aliphatic rings. The molecule has 1 N–H and O–H groups in total. The van der Waals surface area contributed by atoms with Crippen molar-refractivity contribution < 1.29 is 9.53 Å². The molecule has 134 valence electrons. The molecular formula is C19H26N4O2. The van der Waals surface area contributed by atoms with Crippen molar-refractivity contribution in [3.8, 4) is 6.07 Å². The molecule has 2 atom stereocenters. The van der Waals surface area contributed by atoms with Gasteiger partial charge >= 0.3 is 0 Å². The van der Waals surface area contributed by atoms with Crippen LogP contribution >= 0.6 is 0 Å². The van der Waals surface area contributed by atoms with Gasteiger partial charge in [0.05, 0.1) is 12.1 Å². The van der Waals surface area contributed by atoms with Gasteiger partial charge in [0.25, 0.3) is 0 Å². The number of hydrogen-bond acceptors (Lipinski definition) is 5. The lowest BCUT2D eigenvalue weighted by Gasteiger charge is -2.32. The second kappa shape index (κ2) is 7.40. The third-order valence-corrected chi connectivity index (χ3v) is 5.56. The number of rotatable bonds is 4. The minimum atomic E-state index is -0.941. The molecule has 2 fully saturated rings. The van der Waals surface area contributed by atoms with Crippen molar-refractivity contribution in [2.24, 2.45) is 17.3 Å². The number of hydrogen-bond donors (Lipinski definition) is 1. The van der Waals surface area contributed by atoms with Gasteiger partial charge in [0.2, 0.25) is 5.91 Å². The first kappa shape index (κ1) is 17.7. The van der Waals surface area contributed by atoms with Gasteiger partial charge in [-0.2, -0.15) is 5.26 Å². The van der Waals surface area contributed by atoms with Gasteiger partial charge in [-0.3, -0.25) is 9.78 Å². The molecular weight excluding hydrogens is 316 g/mol. The van der Waals surface area contributed by atoms with E-state index in [0.717, 1.165) is 18.8 Å². The highest BCUT2D eigenvalue weighted by molar-refractivity contribution is 5.86. The zero-order chi connectivity index (χ0) is 17.9. The third kappa shape index (κ3) is 3.62. The van der Waals surface area contributed by atoms with Crippen LogP contribution in [0.15, 0.2) is 24.5 Å². The Bertz CT molecular complexity index is 635. The van der Waals surface area contributed by atoms with E-state index in [1.165, 1.54) is 0 Å². The van der Waals surface area contributed by atoms with E-state index < -0.39 is 5.41 Å². The van der Waals surface area contributed by atoms with Crippen molar-refractivity contribution in [1.82, 2.24) is 10.3 Å². The molecule has 2 aliphatic heterocycles. The van der Waals surface area contributed by atoms with E-state index in [0.29, 0.717) is 37.9 Å². The minimum Gasteiger partial charge on any atom is -0.381 e. The molecule has 2 saturated heterocycles. The van der Waals surface area contributed by atoms with Crippen LogP contribution in [0.2, 0.25) is 0 Å². The maximum atomic E-state index is 12.9. The summed E-state index contributed by atoms with van der Waals surface area (Å²) in [5.74, 6) is 0.670. The number of amides is 1. The second-order valence-corrected chi connectivity index (χ2v) is 7.40. The van der Waals surface area contributed by atoms with E-state index >= 15 is 0 Å². The highest BCUT2D eigenvalue weighted by Gasteiger charge is 2.44. The number of nitrogens with one attached hydrogen (secondary N) is 1. The molecule has 0 unspecified atom stereocenters. The summed E-state index contributed by atoms with van der Waals surface area (Å²) in [7, 11) is 0. The highest BCUT2D eigenvalue weighted by atomic mass is 16.5. The van der Waals surface area contributed by atoms with Crippen LogP contribution in [0.25, 0.3) is 0 Å². The fourth-order valence-electron chi connectivity index (χ4n) is 3.84. The number of nitrogens with zero attached hydrogens (tertiary/aromatic N) is 3. The Morgan fingerprint density at radius 2 is 2.04 bits per heavy atom. The number of anilines is 1. The minimum absolute atomic E-state index is 0.0498.